The molecule has 1 amide bonds. The highest BCUT2D eigenvalue weighted by atomic mass is 16.1. The molecule has 0 aromatic heterocycles. The molecular formula is C30H36N6O. The molecular weight excluding hydrogens is 460 g/mol. The van der Waals surface area contributed by atoms with Crippen molar-refractivity contribution in [2.24, 2.45) is 4.99 Å². The van der Waals surface area contributed by atoms with Crippen LogP contribution in [0.3, 0.4) is 0 Å². The van der Waals surface area contributed by atoms with Gasteiger partial charge in [-0.3, -0.25) is 10.1 Å². The van der Waals surface area contributed by atoms with Crippen molar-refractivity contribution in [3.8, 4) is 17.3 Å². The van der Waals surface area contributed by atoms with E-state index in [9.17, 15) is 10.1 Å². The smallest absolute Gasteiger partial charge is 0.220 e. The fraction of sp³-hybridized carbons (Fsp3) is 0.300. The van der Waals surface area contributed by atoms with Crippen LogP contribution in [0.5, 0.6) is 0 Å². The van der Waals surface area contributed by atoms with Gasteiger partial charge in [-0.05, 0) is 41.7 Å². The molecule has 7 nitrogen and oxygen atoms in total. The lowest BCUT2D eigenvalue weighted by atomic mass is 10.0. The van der Waals surface area contributed by atoms with Crippen LogP contribution in [0.2, 0.25) is 0 Å². The van der Waals surface area contributed by atoms with Crippen molar-refractivity contribution in [1.82, 2.24) is 16.0 Å². The van der Waals surface area contributed by atoms with Gasteiger partial charge >= 0.3 is 0 Å². The van der Waals surface area contributed by atoms with Crippen LogP contribution in [0.25, 0.3) is 11.1 Å². The monoisotopic (exact) mass is 496 g/mol. The van der Waals surface area contributed by atoms with Crippen LogP contribution < -0.4 is 21.3 Å². The van der Waals surface area contributed by atoms with Crippen molar-refractivity contribution in [1.29, 1.82) is 5.26 Å². The average Bonchev–Trinajstić information content (AvgIpc) is 2.91. The first-order valence-corrected chi connectivity index (χ1v) is 12.7. The van der Waals surface area contributed by atoms with E-state index in [4.69, 9.17) is 4.99 Å². The van der Waals surface area contributed by atoms with E-state index >= 15 is 0 Å². The number of benzene rings is 3. The summed E-state index contributed by atoms with van der Waals surface area (Å²) in [5.74, 6) is 0.357. The van der Waals surface area contributed by atoms with Gasteiger partial charge < -0.3 is 16.0 Å². The van der Waals surface area contributed by atoms with Crippen LogP contribution in [0.15, 0.2) is 89.9 Å². The van der Waals surface area contributed by atoms with Crippen LogP contribution in [0, 0.1) is 11.5 Å². The van der Waals surface area contributed by atoms with Gasteiger partial charge in [-0.1, -0.05) is 86.6 Å². The van der Waals surface area contributed by atoms with Crippen LogP contribution in [0.4, 0.5) is 5.69 Å². The predicted octanol–water partition coefficient (Wildman–Crippen LogP) is 4.70. The quantitative estimate of drug-likeness (QED) is 0.0957. The lowest BCUT2D eigenvalue weighted by molar-refractivity contribution is -0.121. The Labute approximate surface area is 220 Å². The van der Waals surface area contributed by atoms with Gasteiger partial charge in [-0.25, -0.2) is 4.99 Å². The Hall–Kier alpha value is -4.15. The zero-order chi connectivity index (χ0) is 26.3. The Morgan fingerprint density at radius 2 is 1.54 bits per heavy atom. The molecule has 7 heteroatoms. The lowest BCUT2D eigenvalue weighted by Crippen LogP contribution is -2.35. The van der Waals surface area contributed by atoms with E-state index in [1.807, 2.05) is 79.0 Å². The van der Waals surface area contributed by atoms with Gasteiger partial charge in [0.25, 0.3) is 0 Å². The summed E-state index contributed by atoms with van der Waals surface area (Å²) in [7, 11) is 0. The topological polar surface area (TPSA) is 101 Å². The Balaban J connectivity index is 1.68. The number of hydrogen-bond donors (Lipinski definition) is 4. The maximum atomic E-state index is 12.4. The summed E-state index contributed by atoms with van der Waals surface area (Å²) >= 11 is 0. The first-order valence-electron chi connectivity index (χ1n) is 12.7. The summed E-state index contributed by atoms with van der Waals surface area (Å²) in [5.41, 5.74) is 4.19. The van der Waals surface area contributed by atoms with E-state index in [1.165, 1.54) is 0 Å². The molecule has 1 unspecified atom stereocenters. The molecule has 0 radical (unpaired) electrons. The minimum absolute atomic E-state index is 0.00179. The van der Waals surface area contributed by atoms with Crippen molar-refractivity contribution in [3.05, 3.63) is 90.5 Å². The number of aliphatic imine (C=N–C) groups is 1. The number of carbonyl (C=O) groups is 1. The zero-order valence-corrected chi connectivity index (χ0v) is 21.6. The summed E-state index contributed by atoms with van der Waals surface area (Å²) in [6.45, 7) is 5.47. The molecule has 0 saturated carbocycles. The average molecular weight is 497 g/mol. The van der Waals surface area contributed by atoms with Crippen molar-refractivity contribution < 1.29 is 4.79 Å². The van der Waals surface area contributed by atoms with E-state index in [0.29, 0.717) is 37.8 Å². The fourth-order valence-electron chi connectivity index (χ4n) is 3.89. The minimum atomic E-state index is -0.186. The summed E-state index contributed by atoms with van der Waals surface area (Å²) < 4.78 is 0. The number of guanidine groups is 1. The second-order valence-corrected chi connectivity index (χ2v) is 9.12. The molecule has 0 spiro atoms. The Morgan fingerprint density at radius 3 is 2.19 bits per heavy atom. The molecule has 4 N–H and O–H groups in total. The second kappa shape index (κ2) is 15.1. The highest BCUT2D eigenvalue weighted by Gasteiger charge is 2.14. The maximum absolute atomic E-state index is 12.4. The number of anilines is 1. The van der Waals surface area contributed by atoms with Crippen LogP contribution >= 0.6 is 0 Å². The van der Waals surface area contributed by atoms with Crippen molar-refractivity contribution in [3.63, 3.8) is 0 Å². The highest BCUT2D eigenvalue weighted by molar-refractivity contribution is 5.95. The molecule has 0 fully saturated rings. The van der Waals surface area contributed by atoms with E-state index in [-0.39, 0.29) is 11.9 Å². The van der Waals surface area contributed by atoms with Gasteiger partial charge in [0.05, 0.1) is 6.04 Å². The van der Waals surface area contributed by atoms with Crippen LogP contribution in [-0.2, 0) is 11.2 Å². The van der Waals surface area contributed by atoms with Gasteiger partial charge in [-0.2, -0.15) is 5.26 Å². The summed E-state index contributed by atoms with van der Waals surface area (Å²) in [4.78, 5) is 17.2. The van der Waals surface area contributed by atoms with Gasteiger partial charge in [0.15, 0.2) is 6.19 Å². The Kier molecular flexibility index (Phi) is 11.2. The number of nitrogens with zero attached hydrogens (tertiary/aromatic N) is 2. The number of nitrogens with one attached hydrogen (secondary N) is 4. The van der Waals surface area contributed by atoms with Gasteiger partial charge in [0.1, 0.15) is 0 Å². The SMILES string of the molecule is CC(C)NCCNC(=O)CCC(Cc1ccccc1)N=C(NC#N)Nc1ccc(-c2ccccc2)cc1. The number of hydrogen-bond acceptors (Lipinski definition) is 4. The van der Waals surface area contributed by atoms with Crippen molar-refractivity contribution in [2.45, 2.75) is 45.2 Å². The van der Waals surface area contributed by atoms with E-state index in [1.54, 1.807) is 0 Å². The second-order valence-electron chi connectivity index (χ2n) is 9.12. The largest absolute Gasteiger partial charge is 0.355 e. The first kappa shape index (κ1) is 27.4. The zero-order valence-electron chi connectivity index (χ0n) is 21.6. The number of amides is 1. The maximum Gasteiger partial charge on any atom is 0.220 e. The lowest BCUT2D eigenvalue weighted by Gasteiger charge is -2.16. The first-order chi connectivity index (χ1) is 18.0. The van der Waals surface area contributed by atoms with Crippen molar-refractivity contribution >= 4 is 17.6 Å². The molecule has 0 saturated heterocycles. The fourth-order valence-corrected chi connectivity index (χ4v) is 3.89. The summed E-state index contributed by atoms with van der Waals surface area (Å²) in [6.07, 6.45) is 3.55. The molecule has 1 atom stereocenters. The van der Waals surface area contributed by atoms with Crippen LogP contribution in [0.1, 0.15) is 32.3 Å². The van der Waals surface area contributed by atoms with E-state index in [0.717, 1.165) is 28.9 Å². The highest BCUT2D eigenvalue weighted by Crippen LogP contribution is 2.21. The standard InChI is InChI=1S/C30H36N6O/c1-23(2)32-19-20-33-29(37)18-17-28(21-24-9-5-3-6-10-24)36-30(34-22-31)35-27-15-13-26(14-16-27)25-11-7-4-8-12-25/h3-16,23,28,32H,17-21H2,1-2H3,(H,33,37)(H2,34,35,36). The van der Waals surface area contributed by atoms with E-state index < -0.39 is 0 Å². The Bertz CT molecular complexity index is 1150. The normalized spacial score (nSPS) is 12.0. The molecule has 0 aliphatic heterocycles. The molecule has 192 valence electrons. The van der Waals surface area contributed by atoms with Gasteiger partial charge in [0, 0.05) is 31.2 Å². The summed E-state index contributed by atoms with van der Waals surface area (Å²) in [6, 6.07) is 28.4. The third-order valence-electron chi connectivity index (χ3n) is 5.76. The number of rotatable bonds is 12. The third kappa shape index (κ3) is 10.2. The summed E-state index contributed by atoms with van der Waals surface area (Å²) in [5, 5.41) is 21.5. The molecule has 0 aliphatic carbocycles. The van der Waals surface area contributed by atoms with Gasteiger partial charge in [0.2, 0.25) is 11.9 Å². The van der Waals surface area contributed by atoms with Crippen LogP contribution in [-0.4, -0.2) is 37.0 Å². The molecule has 3 aromatic carbocycles. The molecule has 37 heavy (non-hydrogen) atoms. The molecule has 0 heterocycles. The minimum Gasteiger partial charge on any atom is -0.355 e. The van der Waals surface area contributed by atoms with E-state index in [2.05, 4.69) is 47.2 Å². The molecule has 3 aromatic rings. The third-order valence-corrected chi connectivity index (χ3v) is 5.76. The Morgan fingerprint density at radius 1 is 0.892 bits per heavy atom. The van der Waals surface area contributed by atoms with Crippen molar-refractivity contribution in [2.75, 3.05) is 18.4 Å². The number of carbonyl (C=O) groups excluding carboxylic acids is 1. The predicted molar refractivity (Wildman–Crippen MR) is 151 cm³/mol. The molecule has 0 bridgehead atoms. The molecule has 3 rings (SSSR count). The number of nitriles is 1. The molecule has 0 aliphatic rings. The van der Waals surface area contributed by atoms with Gasteiger partial charge in [-0.15, -0.1) is 0 Å².